The van der Waals surface area contributed by atoms with Crippen molar-refractivity contribution in [2.45, 2.75) is 45.6 Å². The molecule has 19 heavy (non-hydrogen) atoms. The van der Waals surface area contributed by atoms with Crippen molar-refractivity contribution >= 4 is 27.5 Å². The SMILES string of the molecule is CC1CCC(CCNCc2ccc(Cl)cc2Br)CC1. The summed E-state index contributed by atoms with van der Waals surface area (Å²) in [5.41, 5.74) is 1.28. The van der Waals surface area contributed by atoms with Crippen molar-refractivity contribution < 1.29 is 0 Å². The van der Waals surface area contributed by atoms with E-state index in [0.717, 1.165) is 34.4 Å². The lowest BCUT2D eigenvalue weighted by atomic mass is 9.81. The molecule has 0 aliphatic heterocycles. The summed E-state index contributed by atoms with van der Waals surface area (Å²) in [6.07, 6.45) is 7.01. The molecule has 1 aromatic rings. The average Bonchev–Trinajstić information content (AvgIpc) is 2.39. The van der Waals surface area contributed by atoms with Crippen LogP contribution in [0.1, 0.15) is 44.6 Å². The van der Waals surface area contributed by atoms with Gasteiger partial charge in [-0.1, -0.05) is 66.2 Å². The molecule has 3 heteroatoms. The van der Waals surface area contributed by atoms with Gasteiger partial charge in [0.1, 0.15) is 0 Å². The predicted molar refractivity (Wildman–Crippen MR) is 86.6 cm³/mol. The van der Waals surface area contributed by atoms with Gasteiger partial charge < -0.3 is 5.32 Å². The standard InChI is InChI=1S/C16H23BrClN/c1-12-2-4-13(5-3-12)8-9-19-11-14-6-7-15(18)10-16(14)17/h6-7,10,12-13,19H,2-5,8-9,11H2,1H3. The first-order chi connectivity index (χ1) is 9.15. The molecule has 0 saturated heterocycles. The molecule has 1 N–H and O–H groups in total. The Morgan fingerprint density at radius 3 is 2.68 bits per heavy atom. The Morgan fingerprint density at radius 1 is 1.26 bits per heavy atom. The summed E-state index contributed by atoms with van der Waals surface area (Å²) in [5.74, 6) is 1.89. The summed E-state index contributed by atoms with van der Waals surface area (Å²) in [4.78, 5) is 0. The lowest BCUT2D eigenvalue weighted by Gasteiger charge is -2.26. The maximum absolute atomic E-state index is 5.94. The topological polar surface area (TPSA) is 12.0 Å². The summed E-state index contributed by atoms with van der Waals surface area (Å²) >= 11 is 9.50. The fourth-order valence-corrected chi connectivity index (χ4v) is 3.63. The summed E-state index contributed by atoms with van der Waals surface area (Å²) < 4.78 is 1.10. The third-order valence-electron chi connectivity index (χ3n) is 4.20. The summed E-state index contributed by atoms with van der Waals surface area (Å²) in [7, 11) is 0. The third-order valence-corrected chi connectivity index (χ3v) is 5.17. The highest BCUT2D eigenvalue weighted by molar-refractivity contribution is 9.10. The molecule has 1 saturated carbocycles. The van der Waals surface area contributed by atoms with E-state index in [0.29, 0.717) is 0 Å². The molecular formula is C16H23BrClN. The first-order valence-electron chi connectivity index (χ1n) is 7.30. The maximum atomic E-state index is 5.94. The highest BCUT2D eigenvalue weighted by Crippen LogP contribution is 2.30. The van der Waals surface area contributed by atoms with Crippen LogP contribution in [0.5, 0.6) is 0 Å². The molecule has 1 aromatic carbocycles. The number of rotatable bonds is 5. The normalized spacial score (nSPS) is 23.5. The minimum Gasteiger partial charge on any atom is -0.313 e. The van der Waals surface area contributed by atoms with Gasteiger partial charge in [-0.15, -0.1) is 0 Å². The van der Waals surface area contributed by atoms with Crippen molar-refractivity contribution in [1.29, 1.82) is 0 Å². The van der Waals surface area contributed by atoms with Crippen LogP contribution in [0.15, 0.2) is 22.7 Å². The van der Waals surface area contributed by atoms with Crippen LogP contribution >= 0.6 is 27.5 Å². The van der Waals surface area contributed by atoms with E-state index in [4.69, 9.17) is 11.6 Å². The quantitative estimate of drug-likeness (QED) is 0.704. The largest absolute Gasteiger partial charge is 0.313 e. The third kappa shape index (κ3) is 5.09. The van der Waals surface area contributed by atoms with E-state index in [1.54, 1.807) is 0 Å². The molecule has 1 aliphatic rings. The Labute approximate surface area is 130 Å². The molecule has 1 nitrogen and oxygen atoms in total. The highest BCUT2D eigenvalue weighted by atomic mass is 79.9. The van der Waals surface area contributed by atoms with Crippen molar-refractivity contribution in [2.24, 2.45) is 11.8 Å². The van der Waals surface area contributed by atoms with Gasteiger partial charge in [0.05, 0.1) is 0 Å². The van der Waals surface area contributed by atoms with Crippen molar-refractivity contribution in [2.75, 3.05) is 6.54 Å². The number of nitrogens with one attached hydrogen (secondary N) is 1. The fraction of sp³-hybridized carbons (Fsp3) is 0.625. The molecule has 2 rings (SSSR count). The molecule has 0 aromatic heterocycles. The Bertz CT molecular complexity index is 400. The van der Waals surface area contributed by atoms with E-state index in [2.05, 4.69) is 34.2 Å². The second-order valence-electron chi connectivity index (χ2n) is 5.83. The Kier molecular flexibility index (Phi) is 6.18. The van der Waals surface area contributed by atoms with E-state index < -0.39 is 0 Å². The highest BCUT2D eigenvalue weighted by Gasteiger charge is 2.17. The summed E-state index contributed by atoms with van der Waals surface area (Å²) in [6, 6.07) is 5.99. The minimum absolute atomic E-state index is 0.784. The maximum Gasteiger partial charge on any atom is 0.0417 e. The lowest BCUT2D eigenvalue weighted by Crippen LogP contribution is -2.20. The monoisotopic (exact) mass is 343 g/mol. The molecule has 0 amide bonds. The molecule has 1 aliphatic carbocycles. The van der Waals surface area contributed by atoms with Crippen LogP contribution in [0.25, 0.3) is 0 Å². The van der Waals surface area contributed by atoms with Gasteiger partial charge in [-0.2, -0.15) is 0 Å². The van der Waals surface area contributed by atoms with Crippen LogP contribution in [0.4, 0.5) is 0 Å². The molecule has 0 heterocycles. The van der Waals surface area contributed by atoms with E-state index in [1.807, 2.05) is 12.1 Å². The molecule has 0 radical (unpaired) electrons. The molecular weight excluding hydrogens is 322 g/mol. The van der Waals surface area contributed by atoms with E-state index in [1.165, 1.54) is 37.7 Å². The van der Waals surface area contributed by atoms with Crippen LogP contribution in [0.3, 0.4) is 0 Å². The van der Waals surface area contributed by atoms with Crippen molar-refractivity contribution in [1.82, 2.24) is 5.32 Å². The van der Waals surface area contributed by atoms with Gasteiger partial charge in [-0.05, 0) is 42.5 Å². The molecule has 0 spiro atoms. The van der Waals surface area contributed by atoms with Crippen LogP contribution in [0.2, 0.25) is 5.02 Å². The lowest BCUT2D eigenvalue weighted by molar-refractivity contribution is 0.275. The van der Waals surface area contributed by atoms with Crippen LogP contribution in [-0.4, -0.2) is 6.54 Å². The second kappa shape index (κ2) is 7.66. The van der Waals surface area contributed by atoms with Gasteiger partial charge in [0, 0.05) is 16.0 Å². The van der Waals surface area contributed by atoms with Crippen molar-refractivity contribution in [3.05, 3.63) is 33.3 Å². The van der Waals surface area contributed by atoms with Crippen LogP contribution in [0, 0.1) is 11.8 Å². The van der Waals surface area contributed by atoms with E-state index in [9.17, 15) is 0 Å². The number of hydrogen-bond donors (Lipinski definition) is 1. The van der Waals surface area contributed by atoms with Gasteiger partial charge in [0.25, 0.3) is 0 Å². The Balaban J connectivity index is 1.66. The predicted octanol–water partition coefficient (Wildman–Crippen LogP) is 5.41. The van der Waals surface area contributed by atoms with E-state index in [-0.39, 0.29) is 0 Å². The molecule has 0 unspecified atom stereocenters. The Morgan fingerprint density at radius 2 is 2.00 bits per heavy atom. The number of hydrogen-bond acceptors (Lipinski definition) is 1. The zero-order chi connectivity index (χ0) is 13.7. The van der Waals surface area contributed by atoms with Gasteiger partial charge in [0.15, 0.2) is 0 Å². The smallest absolute Gasteiger partial charge is 0.0417 e. The Hall–Kier alpha value is -0.0500. The van der Waals surface area contributed by atoms with Gasteiger partial charge in [-0.3, -0.25) is 0 Å². The van der Waals surface area contributed by atoms with Crippen molar-refractivity contribution in [3.63, 3.8) is 0 Å². The zero-order valence-corrected chi connectivity index (χ0v) is 13.9. The first-order valence-corrected chi connectivity index (χ1v) is 8.47. The summed E-state index contributed by atoms with van der Waals surface area (Å²) in [6.45, 7) is 4.42. The molecule has 106 valence electrons. The molecule has 0 bridgehead atoms. The van der Waals surface area contributed by atoms with Gasteiger partial charge in [0.2, 0.25) is 0 Å². The van der Waals surface area contributed by atoms with E-state index >= 15 is 0 Å². The van der Waals surface area contributed by atoms with Gasteiger partial charge >= 0.3 is 0 Å². The first kappa shape index (κ1) is 15.3. The number of benzene rings is 1. The molecule has 1 fully saturated rings. The number of halogens is 2. The summed E-state index contributed by atoms with van der Waals surface area (Å²) in [5, 5.41) is 4.33. The zero-order valence-electron chi connectivity index (χ0n) is 11.6. The van der Waals surface area contributed by atoms with Crippen LogP contribution < -0.4 is 5.32 Å². The second-order valence-corrected chi connectivity index (χ2v) is 7.12. The fourth-order valence-electron chi connectivity index (χ4n) is 2.81. The van der Waals surface area contributed by atoms with Crippen molar-refractivity contribution in [3.8, 4) is 0 Å². The molecule has 0 atom stereocenters. The van der Waals surface area contributed by atoms with Gasteiger partial charge in [-0.25, -0.2) is 0 Å². The van der Waals surface area contributed by atoms with Crippen LogP contribution in [-0.2, 0) is 6.54 Å². The average molecular weight is 345 g/mol. The minimum atomic E-state index is 0.784.